The summed E-state index contributed by atoms with van der Waals surface area (Å²) in [6, 6.07) is 23.3. The van der Waals surface area contributed by atoms with Gasteiger partial charge in [-0.2, -0.15) is 0 Å². The lowest BCUT2D eigenvalue weighted by Gasteiger charge is -2.50. The van der Waals surface area contributed by atoms with Crippen molar-refractivity contribution >= 4 is 16.6 Å². The summed E-state index contributed by atoms with van der Waals surface area (Å²) >= 11 is 0. The van der Waals surface area contributed by atoms with Crippen LogP contribution in [0.25, 0.3) is 38.9 Å². The Morgan fingerprint density at radius 2 is 1.63 bits per heavy atom. The number of rotatable bonds is 4. The first-order valence-corrected chi connectivity index (χ1v) is 13.5. The fourth-order valence-corrected chi connectivity index (χ4v) is 6.39. The predicted octanol–water partition coefficient (Wildman–Crippen LogP) is 5.57. The molecule has 0 radical (unpaired) electrons. The van der Waals surface area contributed by atoms with E-state index in [-0.39, 0.29) is 0 Å². The summed E-state index contributed by atoms with van der Waals surface area (Å²) in [6.07, 6.45) is 7.08. The van der Waals surface area contributed by atoms with Crippen LogP contribution in [-0.2, 0) is 15.0 Å². The van der Waals surface area contributed by atoms with Crippen molar-refractivity contribution in [1.82, 2.24) is 19.6 Å². The predicted molar refractivity (Wildman–Crippen MR) is 145 cm³/mol. The average molecular weight is 504 g/mol. The van der Waals surface area contributed by atoms with Crippen LogP contribution in [0, 0.1) is 0 Å². The van der Waals surface area contributed by atoms with E-state index >= 15 is 0 Å². The molecule has 5 aromatic rings. The molecular formula is C31H29N5O2. The van der Waals surface area contributed by atoms with E-state index < -0.39 is 11.3 Å². The van der Waals surface area contributed by atoms with Gasteiger partial charge < -0.3 is 15.2 Å². The van der Waals surface area contributed by atoms with E-state index in [1.54, 1.807) is 0 Å². The molecule has 3 aromatic heterocycles. The third kappa shape index (κ3) is 3.35. The van der Waals surface area contributed by atoms with E-state index in [0.29, 0.717) is 32.0 Å². The van der Waals surface area contributed by atoms with E-state index in [9.17, 15) is 0 Å². The number of pyridine rings is 2. The number of aromatic nitrogens is 4. The summed E-state index contributed by atoms with van der Waals surface area (Å²) in [5, 5.41) is 10.2. The van der Waals surface area contributed by atoms with Gasteiger partial charge in [-0.1, -0.05) is 61.0 Å². The molecule has 0 unspecified atom stereocenters. The summed E-state index contributed by atoms with van der Waals surface area (Å²) in [4.78, 5) is 5.19. The number of nitrogens with zero attached hydrogens (tertiary/aromatic N) is 4. The zero-order valence-electron chi connectivity index (χ0n) is 21.1. The molecule has 4 heterocycles. The largest absolute Gasteiger partial charge is 0.347 e. The van der Waals surface area contributed by atoms with Crippen molar-refractivity contribution in [3.05, 3.63) is 84.3 Å². The molecule has 1 aliphatic heterocycles. The van der Waals surface area contributed by atoms with Gasteiger partial charge in [0, 0.05) is 41.5 Å². The summed E-state index contributed by atoms with van der Waals surface area (Å²) in [6.45, 7) is 1.29. The van der Waals surface area contributed by atoms with Crippen LogP contribution in [0.1, 0.15) is 49.4 Å². The minimum absolute atomic E-state index is 0.431. The second-order valence-electron chi connectivity index (χ2n) is 11.1. The van der Waals surface area contributed by atoms with Crippen LogP contribution in [0.3, 0.4) is 0 Å². The fraction of sp³-hybridized carbons (Fsp3) is 0.323. The van der Waals surface area contributed by atoms with Crippen LogP contribution in [-0.4, -0.2) is 38.6 Å². The lowest BCUT2D eigenvalue weighted by Crippen LogP contribution is -2.60. The molecule has 38 heavy (non-hydrogen) atoms. The number of hydrogen-bond acceptors (Lipinski definition) is 6. The molecule has 7 heteroatoms. The zero-order chi connectivity index (χ0) is 25.3. The fourth-order valence-electron chi connectivity index (χ4n) is 6.39. The summed E-state index contributed by atoms with van der Waals surface area (Å²) in [5.74, 6) is 1.08. The molecule has 0 bridgehead atoms. The van der Waals surface area contributed by atoms with Crippen molar-refractivity contribution in [1.29, 1.82) is 0 Å². The molecule has 3 fully saturated rings. The Kier molecular flexibility index (Phi) is 4.81. The zero-order valence-corrected chi connectivity index (χ0v) is 21.1. The van der Waals surface area contributed by atoms with Crippen molar-refractivity contribution in [2.75, 3.05) is 13.2 Å². The minimum Gasteiger partial charge on any atom is -0.347 e. The van der Waals surface area contributed by atoms with E-state index in [1.807, 2.05) is 6.07 Å². The van der Waals surface area contributed by atoms with Crippen molar-refractivity contribution in [2.45, 2.75) is 49.3 Å². The van der Waals surface area contributed by atoms with Crippen molar-refractivity contribution < 1.29 is 9.47 Å². The molecule has 3 aliphatic rings. The Morgan fingerprint density at radius 3 is 2.34 bits per heavy atom. The van der Waals surface area contributed by atoms with Gasteiger partial charge in [0.25, 0.3) is 0 Å². The number of hydrogen-bond donors (Lipinski definition) is 1. The SMILES string of the molecule is NC1(c2ccc(-c3nc4ccn5c(C6CCC6)nnc5c4cc3-c3ccccc3)cc2)CC2(C1)OCCO2. The minimum atomic E-state index is -0.487. The summed E-state index contributed by atoms with van der Waals surface area (Å²) in [5.41, 5.74) is 13.4. The van der Waals surface area contributed by atoms with Crippen molar-refractivity contribution in [2.24, 2.45) is 5.73 Å². The second-order valence-corrected chi connectivity index (χ2v) is 11.1. The van der Waals surface area contributed by atoms with Crippen LogP contribution >= 0.6 is 0 Å². The first-order chi connectivity index (χ1) is 18.6. The molecule has 2 aliphatic carbocycles. The first kappa shape index (κ1) is 22.3. The van der Waals surface area contributed by atoms with Gasteiger partial charge in [-0.25, -0.2) is 4.98 Å². The Labute approximate surface area is 220 Å². The third-order valence-corrected chi connectivity index (χ3v) is 8.67. The van der Waals surface area contributed by atoms with Crippen LogP contribution in [0.2, 0.25) is 0 Å². The lowest BCUT2D eigenvalue weighted by atomic mass is 9.68. The smallest absolute Gasteiger partial charge is 0.172 e. The van der Waals surface area contributed by atoms with E-state index in [1.165, 1.54) is 19.3 Å². The highest BCUT2D eigenvalue weighted by Crippen LogP contribution is 2.51. The highest BCUT2D eigenvalue weighted by molar-refractivity contribution is 5.98. The van der Waals surface area contributed by atoms with E-state index in [4.69, 9.17) is 20.2 Å². The van der Waals surface area contributed by atoms with Gasteiger partial charge in [-0.05, 0) is 36.1 Å². The molecule has 0 amide bonds. The molecule has 0 atom stereocenters. The Bertz CT molecular complexity index is 1660. The molecule has 2 saturated carbocycles. The molecule has 2 N–H and O–H groups in total. The third-order valence-electron chi connectivity index (χ3n) is 8.67. The highest BCUT2D eigenvalue weighted by atomic mass is 16.7. The molecule has 8 rings (SSSR count). The molecule has 2 aromatic carbocycles. The van der Waals surface area contributed by atoms with Crippen LogP contribution in [0.4, 0.5) is 0 Å². The maximum Gasteiger partial charge on any atom is 0.172 e. The Hall–Kier alpha value is -3.65. The number of ether oxygens (including phenoxy) is 2. The van der Waals surface area contributed by atoms with Crippen LogP contribution < -0.4 is 5.73 Å². The normalized spacial score (nSPS) is 20.1. The maximum atomic E-state index is 6.76. The second kappa shape index (κ2) is 8.17. The van der Waals surface area contributed by atoms with Crippen molar-refractivity contribution in [3.63, 3.8) is 0 Å². The van der Waals surface area contributed by atoms with Gasteiger partial charge in [-0.3, -0.25) is 4.40 Å². The van der Waals surface area contributed by atoms with Crippen LogP contribution in [0.5, 0.6) is 0 Å². The quantitative estimate of drug-likeness (QED) is 0.345. The van der Waals surface area contributed by atoms with Crippen LogP contribution in [0.15, 0.2) is 72.9 Å². The number of benzene rings is 2. The number of nitrogens with two attached hydrogens (primary N) is 1. The average Bonchev–Trinajstić information content (AvgIpc) is 3.55. The highest BCUT2D eigenvalue weighted by Gasteiger charge is 2.57. The first-order valence-electron chi connectivity index (χ1n) is 13.5. The maximum absolute atomic E-state index is 6.76. The molecule has 190 valence electrons. The van der Waals surface area contributed by atoms with Gasteiger partial charge in [0.05, 0.1) is 30.0 Å². The summed E-state index contributed by atoms with van der Waals surface area (Å²) < 4.78 is 13.8. The topological polar surface area (TPSA) is 87.6 Å². The monoisotopic (exact) mass is 503 g/mol. The van der Waals surface area contributed by atoms with Gasteiger partial charge in [-0.15, -0.1) is 10.2 Å². The molecular weight excluding hydrogens is 474 g/mol. The van der Waals surface area contributed by atoms with Crippen molar-refractivity contribution in [3.8, 4) is 22.4 Å². The number of fused-ring (bicyclic) bond motifs is 3. The molecule has 1 saturated heterocycles. The molecule has 7 nitrogen and oxygen atoms in total. The van der Waals surface area contributed by atoms with E-state index in [0.717, 1.165) is 50.3 Å². The van der Waals surface area contributed by atoms with E-state index in [2.05, 4.69) is 81.5 Å². The van der Waals surface area contributed by atoms with Gasteiger partial charge in [0.15, 0.2) is 11.4 Å². The Morgan fingerprint density at radius 1 is 0.868 bits per heavy atom. The standard InChI is InChI=1S/C31H29N5O2/c32-30(18-31(19-30)37-15-16-38-31)23-11-9-21(10-12-23)27-24(20-5-2-1-3-6-20)17-25-26(33-27)13-14-36-28(22-7-4-8-22)34-35-29(25)36/h1-3,5-6,9-14,17,22H,4,7-8,15-16,18-19,32H2. The Balaban J connectivity index is 1.23. The lowest BCUT2D eigenvalue weighted by molar-refractivity contribution is -0.239. The van der Waals surface area contributed by atoms with Gasteiger partial charge >= 0.3 is 0 Å². The van der Waals surface area contributed by atoms with Gasteiger partial charge in [0.2, 0.25) is 0 Å². The van der Waals surface area contributed by atoms with Gasteiger partial charge in [0.1, 0.15) is 5.82 Å². The molecule has 1 spiro atoms. The summed E-state index contributed by atoms with van der Waals surface area (Å²) in [7, 11) is 0.